The van der Waals surface area contributed by atoms with Crippen LogP contribution >= 0.6 is 0 Å². The van der Waals surface area contributed by atoms with Crippen molar-refractivity contribution in [1.82, 2.24) is 20.1 Å². The van der Waals surface area contributed by atoms with Crippen LogP contribution in [0.1, 0.15) is 25.6 Å². The Morgan fingerprint density at radius 3 is 3.21 bits per heavy atom. The van der Waals surface area contributed by atoms with E-state index in [0.717, 1.165) is 38.3 Å². The first kappa shape index (κ1) is 10.7. The number of hydrogen-bond donors (Lipinski definition) is 1. The zero-order valence-corrected chi connectivity index (χ0v) is 8.53. The van der Waals surface area contributed by atoms with Gasteiger partial charge in [0.15, 0.2) is 5.82 Å². The maximum atomic E-state index is 5.16. The first-order valence-electron chi connectivity index (χ1n) is 4.89. The van der Waals surface area contributed by atoms with Gasteiger partial charge in [0.1, 0.15) is 6.33 Å². The third-order valence-electron chi connectivity index (χ3n) is 1.83. The van der Waals surface area contributed by atoms with Crippen LogP contribution in [0.5, 0.6) is 0 Å². The number of hydrogen-bond acceptors (Lipinski definition) is 3. The highest BCUT2D eigenvalue weighted by Gasteiger charge is 1.98. The zero-order valence-electron chi connectivity index (χ0n) is 8.53. The molecule has 1 rings (SSSR count). The van der Waals surface area contributed by atoms with Crippen LogP contribution in [-0.2, 0) is 13.1 Å². The fraction of sp³-hybridized carbons (Fsp3) is 0.600. The summed E-state index contributed by atoms with van der Waals surface area (Å²) in [6.07, 6.45) is 8.66. The summed E-state index contributed by atoms with van der Waals surface area (Å²) in [5, 5.41) is 7.47. The van der Waals surface area contributed by atoms with E-state index in [-0.39, 0.29) is 0 Å². The van der Waals surface area contributed by atoms with Gasteiger partial charge in [-0.1, -0.05) is 6.92 Å². The molecule has 0 unspecified atom stereocenters. The highest BCUT2D eigenvalue weighted by Crippen LogP contribution is 1.94. The van der Waals surface area contributed by atoms with Crippen molar-refractivity contribution in [3.8, 4) is 12.3 Å². The molecule has 0 aromatic carbocycles. The Labute approximate surface area is 84.7 Å². The Bertz CT molecular complexity index is 297. The van der Waals surface area contributed by atoms with Crippen molar-refractivity contribution in [1.29, 1.82) is 0 Å². The Morgan fingerprint density at radius 1 is 1.64 bits per heavy atom. The molecule has 0 bridgehead atoms. The molecule has 76 valence electrons. The number of nitrogens with zero attached hydrogens (tertiary/aromatic N) is 3. The molecule has 1 aromatic heterocycles. The molecule has 4 heteroatoms. The third-order valence-corrected chi connectivity index (χ3v) is 1.83. The van der Waals surface area contributed by atoms with E-state index in [1.165, 1.54) is 0 Å². The van der Waals surface area contributed by atoms with Gasteiger partial charge in [-0.2, -0.15) is 5.10 Å². The molecule has 0 aliphatic rings. The summed E-state index contributed by atoms with van der Waals surface area (Å²) in [5.74, 6) is 3.45. The molecule has 0 aliphatic heterocycles. The maximum Gasteiger partial charge on any atom is 0.164 e. The van der Waals surface area contributed by atoms with Crippen molar-refractivity contribution < 1.29 is 0 Å². The standard InChI is InChI=1S/C10H16N4/c1-3-5-6-7-14-9-12-10(13-14)8-11-4-2/h1,9,11H,4-8H2,2H3. The number of rotatable bonds is 6. The van der Waals surface area contributed by atoms with Crippen LogP contribution in [0.15, 0.2) is 6.33 Å². The maximum absolute atomic E-state index is 5.16. The summed E-state index contributed by atoms with van der Waals surface area (Å²) in [6.45, 7) is 4.58. The van der Waals surface area contributed by atoms with Crippen LogP contribution < -0.4 is 5.32 Å². The highest BCUT2D eigenvalue weighted by molar-refractivity contribution is 4.84. The van der Waals surface area contributed by atoms with Crippen molar-refractivity contribution in [2.45, 2.75) is 32.9 Å². The molecule has 0 spiro atoms. The number of terminal acetylenes is 1. The van der Waals surface area contributed by atoms with Gasteiger partial charge in [0, 0.05) is 13.0 Å². The molecule has 1 heterocycles. The Morgan fingerprint density at radius 2 is 2.50 bits per heavy atom. The van der Waals surface area contributed by atoms with Gasteiger partial charge in [0.2, 0.25) is 0 Å². The van der Waals surface area contributed by atoms with Gasteiger partial charge in [-0.25, -0.2) is 4.98 Å². The van der Waals surface area contributed by atoms with Gasteiger partial charge in [-0.15, -0.1) is 12.3 Å². The van der Waals surface area contributed by atoms with Gasteiger partial charge in [0.05, 0.1) is 6.54 Å². The minimum atomic E-state index is 0.735. The van der Waals surface area contributed by atoms with E-state index in [2.05, 4.69) is 28.2 Å². The predicted octanol–water partition coefficient (Wildman–Crippen LogP) is 0.801. The number of unbranched alkanes of at least 4 members (excludes halogenated alkanes) is 1. The lowest BCUT2D eigenvalue weighted by Crippen LogP contribution is -2.13. The van der Waals surface area contributed by atoms with Crippen LogP contribution in [-0.4, -0.2) is 21.3 Å². The van der Waals surface area contributed by atoms with Gasteiger partial charge < -0.3 is 5.32 Å². The quantitative estimate of drug-likeness (QED) is 0.535. The van der Waals surface area contributed by atoms with Gasteiger partial charge >= 0.3 is 0 Å². The summed E-state index contributed by atoms with van der Waals surface area (Å²) in [5.41, 5.74) is 0. The van der Waals surface area contributed by atoms with Crippen molar-refractivity contribution in [2.75, 3.05) is 6.54 Å². The Hall–Kier alpha value is -1.34. The Balaban J connectivity index is 2.32. The van der Waals surface area contributed by atoms with Crippen molar-refractivity contribution in [2.24, 2.45) is 0 Å². The third kappa shape index (κ3) is 3.58. The minimum Gasteiger partial charge on any atom is -0.310 e. The first-order valence-corrected chi connectivity index (χ1v) is 4.89. The molecule has 0 amide bonds. The lowest BCUT2D eigenvalue weighted by atomic mass is 10.3. The summed E-state index contributed by atoms with van der Waals surface area (Å²) in [4.78, 5) is 4.17. The summed E-state index contributed by atoms with van der Waals surface area (Å²) < 4.78 is 1.84. The van der Waals surface area contributed by atoms with E-state index >= 15 is 0 Å². The van der Waals surface area contributed by atoms with Crippen LogP contribution in [0.25, 0.3) is 0 Å². The number of aryl methyl sites for hydroxylation is 1. The van der Waals surface area contributed by atoms with Crippen molar-refractivity contribution in [3.05, 3.63) is 12.2 Å². The molecule has 0 radical (unpaired) electrons. The molecule has 4 nitrogen and oxygen atoms in total. The van der Waals surface area contributed by atoms with E-state index in [1.807, 2.05) is 4.68 Å². The normalized spacial score (nSPS) is 10.0. The van der Waals surface area contributed by atoms with Crippen molar-refractivity contribution >= 4 is 0 Å². The van der Waals surface area contributed by atoms with E-state index in [1.54, 1.807) is 6.33 Å². The summed E-state index contributed by atoms with van der Waals surface area (Å²) in [7, 11) is 0. The molecule has 1 N–H and O–H groups in total. The summed E-state index contributed by atoms with van der Waals surface area (Å²) in [6, 6.07) is 0. The smallest absolute Gasteiger partial charge is 0.164 e. The first-order chi connectivity index (χ1) is 6.86. The second-order valence-electron chi connectivity index (χ2n) is 3.01. The molecule has 14 heavy (non-hydrogen) atoms. The second kappa shape index (κ2) is 6.17. The van der Waals surface area contributed by atoms with Crippen LogP contribution in [0.3, 0.4) is 0 Å². The monoisotopic (exact) mass is 192 g/mol. The second-order valence-corrected chi connectivity index (χ2v) is 3.01. The van der Waals surface area contributed by atoms with Crippen LogP contribution in [0, 0.1) is 12.3 Å². The number of nitrogens with one attached hydrogen (secondary N) is 1. The fourth-order valence-electron chi connectivity index (χ4n) is 1.10. The van der Waals surface area contributed by atoms with E-state index < -0.39 is 0 Å². The van der Waals surface area contributed by atoms with Gasteiger partial charge in [-0.3, -0.25) is 4.68 Å². The van der Waals surface area contributed by atoms with E-state index in [9.17, 15) is 0 Å². The molecule has 1 aromatic rings. The van der Waals surface area contributed by atoms with Gasteiger partial charge in [-0.05, 0) is 13.0 Å². The number of aromatic nitrogens is 3. The SMILES string of the molecule is C#CCCCn1cnc(CNCC)n1. The average molecular weight is 192 g/mol. The lowest BCUT2D eigenvalue weighted by Gasteiger charge is -1.97. The highest BCUT2D eigenvalue weighted by atomic mass is 15.3. The fourth-order valence-corrected chi connectivity index (χ4v) is 1.10. The van der Waals surface area contributed by atoms with Crippen molar-refractivity contribution in [3.63, 3.8) is 0 Å². The average Bonchev–Trinajstić information content (AvgIpc) is 2.63. The molecule has 0 saturated carbocycles. The van der Waals surface area contributed by atoms with E-state index in [4.69, 9.17) is 6.42 Å². The molecular formula is C10H16N4. The lowest BCUT2D eigenvalue weighted by molar-refractivity contribution is 0.573. The Kier molecular flexibility index (Phi) is 4.73. The molecular weight excluding hydrogens is 176 g/mol. The molecule has 0 saturated heterocycles. The largest absolute Gasteiger partial charge is 0.310 e. The zero-order chi connectivity index (χ0) is 10.2. The topological polar surface area (TPSA) is 42.7 Å². The predicted molar refractivity (Wildman–Crippen MR) is 55.5 cm³/mol. The molecule has 0 aliphatic carbocycles. The minimum absolute atomic E-state index is 0.735. The van der Waals surface area contributed by atoms with Crippen LogP contribution in [0.2, 0.25) is 0 Å². The molecule has 0 fully saturated rings. The van der Waals surface area contributed by atoms with E-state index in [0.29, 0.717) is 0 Å². The van der Waals surface area contributed by atoms with Crippen LogP contribution in [0.4, 0.5) is 0 Å². The van der Waals surface area contributed by atoms with Gasteiger partial charge in [0.25, 0.3) is 0 Å². The summed E-state index contributed by atoms with van der Waals surface area (Å²) >= 11 is 0. The molecule has 0 atom stereocenters.